The van der Waals surface area contributed by atoms with Crippen LogP contribution in [0.25, 0.3) is 0 Å². The molecular weight excluding hydrogens is 833 g/mol. The van der Waals surface area contributed by atoms with Gasteiger partial charge in [0.05, 0.1) is 24.2 Å². The van der Waals surface area contributed by atoms with Crippen molar-refractivity contribution in [3.63, 3.8) is 0 Å². The highest BCUT2D eigenvalue weighted by Gasteiger charge is 2.41. The second-order valence-electron chi connectivity index (χ2n) is 18.7. The molecule has 3 aromatic carbocycles. The van der Waals surface area contributed by atoms with E-state index in [-0.39, 0.29) is 53.9 Å². The molecule has 66 heavy (non-hydrogen) atoms. The van der Waals surface area contributed by atoms with Gasteiger partial charge >= 0.3 is 0 Å². The molecule has 2 heterocycles. The van der Waals surface area contributed by atoms with E-state index >= 15 is 0 Å². The lowest BCUT2D eigenvalue weighted by Gasteiger charge is -2.32. The van der Waals surface area contributed by atoms with Gasteiger partial charge in [0.25, 0.3) is 0 Å². The third-order valence-electron chi connectivity index (χ3n) is 14.4. The van der Waals surface area contributed by atoms with E-state index < -0.39 is 36.3 Å². The first kappa shape index (κ1) is 48.3. The normalized spacial score (nSPS) is 21.9. The first-order valence-electron chi connectivity index (χ1n) is 24.4. The Hall–Kier alpha value is -5.60. The average Bonchev–Trinajstić information content (AvgIpc) is 4.05. The van der Waals surface area contributed by atoms with Crippen molar-refractivity contribution in [3.05, 3.63) is 106 Å². The van der Waals surface area contributed by atoms with E-state index in [0.717, 1.165) is 60.8 Å². The van der Waals surface area contributed by atoms with Crippen molar-refractivity contribution < 1.29 is 28.8 Å². The van der Waals surface area contributed by atoms with Crippen LogP contribution in [0.5, 0.6) is 0 Å². The summed E-state index contributed by atoms with van der Waals surface area (Å²) in [4.78, 5) is 86.1. The van der Waals surface area contributed by atoms with Crippen LogP contribution in [0.15, 0.2) is 72.8 Å². The standard InChI is InChI=1S/C52H70N8O6/c1-33(53-3)47(61)57-43(51(65)59-30-12-24-45(59)49(63)55-41-21-10-17-37-15-5-7-19-39(37)41)23-9-14-35-26-28-36(29-27-35)32-44(58-48(62)34(2)54-4)52(66)60-31-13-25-46(60)50(64)56-42-22-11-18-38-16-6-8-20-40(38)42/h5-8,15-16,19-20,26-29,33-34,41-46,53-54H,9-14,17-18,21-25,30-32H2,1-4H3,(H,55,63)(H,56,64)(H,57,61)(H,58,62)/t33-,34-,41+,42+,43-,44-,45-,46-/m0/s1. The molecule has 0 radical (unpaired) electrons. The van der Waals surface area contributed by atoms with Crippen LogP contribution in [-0.4, -0.2) is 109 Å². The van der Waals surface area contributed by atoms with E-state index in [4.69, 9.17) is 0 Å². The molecule has 3 aromatic rings. The lowest BCUT2D eigenvalue weighted by atomic mass is 9.87. The maximum Gasteiger partial charge on any atom is 0.246 e. The van der Waals surface area contributed by atoms with Crippen molar-refractivity contribution >= 4 is 35.4 Å². The molecule has 2 saturated heterocycles. The number of hydrogen-bond donors (Lipinski definition) is 6. The fourth-order valence-electron chi connectivity index (χ4n) is 10.3. The molecule has 0 bridgehead atoms. The van der Waals surface area contributed by atoms with Gasteiger partial charge in [-0.1, -0.05) is 72.8 Å². The summed E-state index contributed by atoms with van der Waals surface area (Å²) in [5.74, 6) is -1.42. The van der Waals surface area contributed by atoms with Crippen LogP contribution in [0, 0.1) is 0 Å². The van der Waals surface area contributed by atoms with E-state index in [9.17, 15) is 28.8 Å². The first-order valence-corrected chi connectivity index (χ1v) is 24.4. The number of likely N-dealkylation sites (N-methyl/N-ethyl adjacent to an activating group) is 2. The number of aryl methyl sites for hydroxylation is 3. The number of nitrogens with one attached hydrogen (secondary N) is 6. The van der Waals surface area contributed by atoms with Gasteiger partial charge in [-0.3, -0.25) is 28.8 Å². The second-order valence-corrected chi connectivity index (χ2v) is 18.7. The lowest BCUT2D eigenvalue weighted by molar-refractivity contribution is -0.142. The number of carbonyl (C=O) groups excluding carboxylic acids is 6. The third kappa shape index (κ3) is 11.7. The van der Waals surface area contributed by atoms with Crippen molar-refractivity contribution in [3.8, 4) is 0 Å². The number of carbonyl (C=O) groups is 6. The molecule has 2 aliphatic heterocycles. The van der Waals surface area contributed by atoms with Crippen LogP contribution >= 0.6 is 0 Å². The molecular formula is C52H70N8O6. The number of benzene rings is 3. The summed E-state index contributed by atoms with van der Waals surface area (Å²) in [5, 5.41) is 18.4. The Bertz CT molecular complexity index is 2200. The number of fused-ring (bicyclic) bond motifs is 2. The minimum atomic E-state index is -0.881. The van der Waals surface area contributed by atoms with Crippen molar-refractivity contribution in [2.45, 2.75) is 152 Å². The zero-order valence-electron chi connectivity index (χ0n) is 39.2. The largest absolute Gasteiger partial charge is 0.347 e. The Morgan fingerprint density at radius 3 is 1.53 bits per heavy atom. The fraction of sp³-hybridized carbons (Fsp3) is 0.538. The number of amides is 6. The molecule has 0 spiro atoms. The summed E-state index contributed by atoms with van der Waals surface area (Å²) in [5.41, 5.74) is 6.65. The van der Waals surface area contributed by atoms with Gasteiger partial charge in [-0.2, -0.15) is 0 Å². The van der Waals surface area contributed by atoms with Crippen LogP contribution in [0.3, 0.4) is 0 Å². The molecule has 0 saturated carbocycles. The van der Waals surface area contributed by atoms with Crippen molar-refractivity contribution in [2.24, 2.45) is 0 Å². The fourth-order valence-corrected chi connectivity index (χ4v) is 10.3. The van der Waals surface area contributed by atoms with Crippen molar-refractivity contribution in [1.82, 2.24) is 41.7 Å². The summed E-state index contributed by atoms with van der Waals surface area (Å²) < 4.78 is 0. The molecule has 354 valence electrons. The van der Waals surface area contributed by atoms with Crippen LogP contribution < -0.4 is 31.9 Å². The highest BCUT2D eigenvalue weighted by molar-refractivity contribution is 5.95. The van der Waals surface area contributed by atoms with Crippen molar-refractivity contribution in [2.75, 3.05) is 27.2 Å². The Morgan fingerprint density at radius 1 is 0.576 bits per heavy atom. The van der Waals surface area contributed by atoms with E-state index in [1.807, 2.05) is 48.5 Å². The topological polar surface area (TPSA) is 181 Å². The molecule has 2 fully saturated rings. The number of hydrogen-bond acceptors (Lipinski definition) is 8. The maximum atomic E-state index is 14.4. The van der Waals surface area contributed by atoms with Crippen LogP contribution in [-0.2, 0) is 54.5 Å². The minimum absolute atomic E-state index is 0.0911. The molecule has 0 aromatic heterocycles. The van der Waals surface area contributed by atoms with Crippen LogP contribution in [0.1, 0.15) is 124 Å². The maximum absolute atomic E-state index is 14.4. The molecule has 6 N–H and O–H groups in total. The summed E-state index contributed by atoms with van der Waals surface area (Å²) in [6.45, 7) is 4.37. The van der Waals surface area contributed by atoms with Gasteiger partial charge in [0.2, 0.25) is 35.4 Å². The predicted octanol–water partition coefficient (Wildman–Crippen LogP) is 4.11. The highest BCUT2D eigenvalue weighted by atomic mass is 16.2. The first-order chi connectivity index (χ1) is 31.9. The van der Waals surface area contributed by atoms with Gasteiger partial charge < -0.3 is 41.7 Å². The van der Waals surface area contributed by atoms with E-state index in [1.54, 1.807) is 37.7 Å². The van der Waals surface area contributed by atoms with E-state index in [1.165, 1.54) is 11.1 Å². The van der Waals surface area contributed by atoms with Crippen LogP contribution in [0.2, 0.25) is 0 Å². The molecule has 7 rings (SSSR count). The van der Waals surface area contributed by atoms with Gasteiger partial charge in [-0.15, -0.1) is 0 Å². The van der Waals surface area contributed by atoms with Crippen molar-refractivity contribution in [1.29, 1.82) is 0 Å². The highest BCUT2D eigenvalue weighted by Crippen LogP contribution is 2.32. The minimum Gasteiger partial charge on any atom is -0.347 e. The Balaban J connectivity index is 0.982. The second kappa shape index (κ2) is 22.7. The lowest BCUT2D eigenvalue weighted by Crippen LogP contribution is -2.56. The Kier molecular flexibility index (Phi) is 16.6. The van der Waals surface area contributed by atoms with Gasteiger partial charge in [-0.05, 0) is 145 Å². The molecule has 0 unspecified atom stereocenters. The number of nitrogens with zero attached hydrogens (tertiary/aromatic N) is 2. The Morgan fingerprint density at radius 2 is 1.03 bits per heavy atom. The summed E-state index contributed by atoms with van der Waals surface area (Å²) >= 11 is 0. The molecule has 6 amide bonds. The van der Waals surface area contributed by atoms with Gasteiger partial charge in [0.1, 0.15) is 24.2 Å². The summed E-state index contributed by atoms with van der Waals surface area (Å²) in [6, 6.07) is 20.2. The monoisotopic (exact) mass is 903 g/mol. The zero-order valence-corrected chi connectivity index (χ0v) is 39.2. The quantitative estimate of drug-likeness (QED) is 0.110. The van der Waals surface area contributed by atoms with Gasteiger partial charge in [0, 0.05) is 19.5 Å². The summed E-state index contributed by atoms with van der Waals surface area (Å²) in [6.07, 6.45) is 10.0. The smallest absolute Gasteiger partial charge is 0.246 e. The molecule has 4 aliphatic rings. The molecule has 8 atom stereocenters. The van der Waals surface area contributed by atoms with Gasteiger partial charge in [0.15, 0.2) is 0 Å². The molecule has 14 heteroatoms. The molecule has 14 nitrogen and oxygen atoms in total. The molecule has 2 aliphatic carbocycles. The third-order valence-corrected chi connectivity index (χ3v) is 14.4. The Labute approximate surface area is 390 Å². The zero-order chi connectivity index (χ0) is 46.7. The summed E-state index contributed by atoms with van der Waals surface area (Å²) in [7, 11) is 3.39. The SMILES string of the molecule is CN[C@@H](C)C(=O)N[C@@H](CCCc1ccc(C[C@H](NC(=O)[C@H](C)NC)C(=O)N2CCC[C@H]2C(=O)N[C@@H]2CCCc3ccccc32)cc1)C(=O)N1CCC[C@H]1C(=O)N[C@@H]1CCCc2ccccc21. The average molecular weight is 903 g/mol. The predicted molar refractivity (Wildman–Crippen MR) is 254 cm³/mol. The van der Waals surface area contributed by atoms with E-state index in [2.05, 4.69) is 56.2 Å². The number of likely N-dealkylation sites (tertiary alicyclic amines) is 2. The van der Waals surface area contributed by atoms with Gasteiger partial charge in [-0.25, -0.2) is 0 Å². The number of rotatable bonds is 18. The van der Waals surface area contributed by atoms with Crippen LogP contribution in [0.4, 0.5) is 0 Å². The van der Waals surface area contributed by atoms with E-state index in [0.29, 0.717) is 58.0 Å².